The molecule has 4 rings (SSSR count). The number of hydrogen-bond donors (Lipinski definition) is 0. The van der Waals surface area contributed by atoms with Crippen molar-refractivity contribution in [3.05, 3.63) is 100 Å². The van der Waals surface area contributed by atoms with Crippen LogP contribution in [-0.2, 0) is 28.1 Å². The molecule has 0 spiro atoms. The lowest BCUT2D eigenvalue weighted by molar-refractivity contribution is -0.108. The molecule has 0 saturated heterocycles. The predicted molar refractivity (Wildman–Crippen MR) is 141 cm³/mol. The minimum Gasteiger partial charge on any atom is -0.312 e. The third-order valence-corrected chi connectivity index (χ3v) is 6.28. The van der Waals surface area contributed by atoms with E-state index in [1.54, 1.807) is 23.1 Å². The molecule has 1 amide bonds. The molecule has 0 fully saturated rings. The molecule has 0 aromatic heterocycles. The van der Waals surface area contributed by atoms with Crippen molar-refractivity contribution >= 4 is 18.9 Å². The van der Waals surface area contributed by atoms with Gasteiger partial charge in [-0.05, 0) is 88.3 Å². The van der Waals surface area contributed by atoms with E-state index in [-0.39, 0.29) is 16.6 Å². The van der Waals surface area contributed by atoms with Gasteiger partial charge in [0.2, 0.25) is 6.41 Å². The lowest BCUT2D eigenvalue weighted by Gasteiger charge is -2.34. The van der Waals surface area contributed by atoms with Crippen molar-refractivity contribution in [1.82, 2.24) is 0 Å². The Balaban J connectivity index is 0.000000527. The first kappa shape index (κ1) is 31.5. The maximum absolute atomic E-state index is 14.3. The summed E-state index contributed by atoms with van der Waals surface area (Å²) >= 11 is 0. The van der Waals surface area contributed by atoms with Crippen LogP contribution in [0, 0.1) is 25.5 Å². The molecule has 3 aromatic carbocycles. The summed E-state index contributed by atoms with van der Waals surface area (Å²) in [5.74, 6) is -0.820. The van der Waals surface area contributed by atoms with Crippen molar-refractivity contribution in [2.75, 3.05) is 4.90 Å². The molecule has 1 heterocycles. The normalized spacial score (nSPS) is 14.1. The van der Waals surface area contributed by atoms with E-state index in [9.17, 15) is 18.0 Å². The topological polar surface area (TPSA) is 37.4 Å². The minimum absolute atomic E-state index is 0. The number of nitrogens with zero attached hydrogens (tertiary/aromatic N) is 1. The number of anilines is 1. The third-order valence-electron chi connectivity index (χ3n) is 6.28. The van der Waals surface area contributed by atoms with E-state index >= 15 is 0 Å². The second-order valence-electron chi connectivity index (χ2n) is 9.45. The highest BCUT2D eigenvalue weighted by atomic mass is 19.1. The van der Waals surface area contributed by atoms with Gasteiger partial charge in [-0.2, -0.15) is 0 Å². The smallest absolute Gasteiger partial charge is 0.214 e. The average Bonchev–Trinajstić information content (AvgIpc) is 2.85. The van der Waals surface area contributed by atoms with Gasteiger partial charge < -0.3 is 9.69 Å². The molecule has 7 heteroatoms. The van der Waals surface area contributed by atoms with Crippen LogP contribution in [0.2, 0.25) is 0 Å². The third kappa shape index (κ3) is 8.85. The van der Waals surface area contributed by atoms with E-state index in [0.717, 1.165) is 18.4 Å². The molecule has 0 saturated carbocycles. The molecule has 1 aliphatic heterocycles. The van der Waals surface area contributed by atoms with Gasteiger partial charge in [0.1, 0.15) is 24.1 Å². The van der Waals surface area contributed by atoms with E-state index < -0.39 is 11.5 Å². The Morgan fingerprint density at radius 1 is 0.973 bits per heavy atom. The number of amides is 1. The molecule has 37 heavy (non-hydrogen) atoms. The zero-order valence-corrected chi connectivity index (χ0v) is 21.8. The van der Waals surface area contributed by atoms with E-state index in [1.165, 1.54) is 43.2 Å². The minimum atomic E-state index is -1.59. The number of benzene rings is 3. The maximum Gasteiger partial charge on any atom is 0.214 e. The summed E-state index contributed by atoms with van der Waals surface area (Å²) < 4.78 is 41.8. The fraction of sp³-hybridized carbons (Fsp3) is 0.333. The summed E-state index contributed by atoms with van der Waals surface area (Å²) in [5.41, 5.74) is 3.39. The van der Waals surface area contributed by atoms with Crippen molar-refractivity contribution < 1.29 is 27.5 Å². The Morgan fingerprint density at radius 3 is 2.08 bits per heavy atom. The largest absolute Gasteiger partial charge is 0.312 e. The summed E-state index contributed by atoms with van der Waals surface area (Å²) in [6.07, 6.45) is 3.20. The Hall–Kier alpha value is -3.48. The first-order chi connectivity index (χ1) is 17.1. The summed E-state index contributed by atoms with van der Waals surface area (Å²) in [6.45, 7) is 8.98. The van der Waals surface area contributed by atoms with E-state index in [4.69, 9.17) is 4.79 Å². The first-order valence-corrected chi connectivity index (χ1v) is 11.9. The molecule has 1 atom stereocenters. The van der Waals surface area contributed by atoms with E-state index in [2.05, 4.69) is 38.1 Å². The highest BCUT2D eigenvalue weighted by Gasteiger charge is 2.27. The van der Waals surface area contributed by atoms with E-state index in [0.29, 0.717) is 36.1 Å². The molecule has 0 N–H and O–H groups in total. The van der Waals surface area contributed by atoms with E-state index in [1.807, 2.05) is 6.79 Å². The van der Waals surface area contributed by atoms with Crippen LogP contribution in [0.25, 0.3) is 0 Å². The number of carbonyl (C=O) groups excluding carboxylic acids is 2. The fourth-order valence-electron chi connectivity index (χ4n) is 4.15. The molecule has 1 unspecified atom stereocenters. The number of carbonyl (C=O) groups is 2. The van der Waals surface area contributed by atoms with Crippen LogP contribution >= 0.6 is 0 Å². The predicted octanol–water partition coefficient (Wildman–Crippen LogP) is 7.35. The van der Waals surface area contributed by atoms with Gasteiger partial charge >= 0.3 is 0 Å². The van der Waals surface area contributed by atoms with Gasteiger partial charge in [0.15, 0.2) is 0 Å². The molecule has 3 nitrogen and oxygen atoms in total. The van der Waals surface area contributed by atoms with Gasteiger partial charge in [-0.1, -0.05) is 53.6 Å². The number of aryl methyl sites for hydroxylation is 4. The molecule has 3 aromatic rings. The van der Waals surface area contributed by atoms with Crippen LogP contribution in [0.4, 0.5) is 23.6 Å². The number of alkyl halides is 1. The van der Waals surface area contributed by atoms with Crippen LogP contribution in [0.3, 0.4) is 0 Å². The monoisotopic (exact) mass is 517 g/mol. The molecule has 0 aliphatic carbocycles. The number of fused-ring (bicyclic) bond motifs is 1. The average molecular weight is 518 g/mol. The molecule has 200 valence electrons. The highest BCUT2D eigenvalue weighted by Crippen LogP contribution is 2.33. The van der Waals surface area contributed by atoms with Crippen LogP contribution < -0.4 is 4.90 Å². The van der Waals surface area contributed by atoms with Gasteiger partial charge in [-0.3, -0.25) is 9.50 Å². The SMILES string of the molecule is C=O.CC(C)(F)c1ccc(CCC2CCc3ccc(F)cc3N2C=O)c(F)c1.Cc1ccc(C)cc1.F. The second-order valence-corrected chi connectivity index (χ2v) is 9.45. The van der Waals surface area contributed by atoms with Gasteiger partial charge in [-0.15, -0.1) is 0 Å². The Morgan fingerprint density at radius 2 is 1.57 bits per heavy atom. The van der Waals surface area contributed by atoms with Gasteiger partial charge in [0, 0.05) is 11.7 Å². The molecule has 0 bridgehead atoms. The zero-order chi connectivity index (χ0) is 26.9. The molecule has 0 radical (unpaired) electrons. The standard InChI is InChI=1S/C21H22F3NO.C8H10.CH2O.FH/c1-21(2,24)16-7-3-14(19(23)11-16)5-9-18-10-6-15-4-8-17(22)12-20(15)25(18)13-26;1-7-3-5-8(2)6-4-7;1-2;/h3-4,7-8,11-13,18H,5-6,9-10H2,1-2H3;3-6H,1-2H3;1H2;1H. The van der Waals surface area contributed by atoms with Gasteiger partial charge in [-0.25, -0.2) is 13.2 Å². The lowest BCUT2D eigenvalue weighted by Crippen LogP contribution is -2.38. The van der Waals surface area contributed by atoms with Crippen LogP contribution in [0.1, 0.15) is 54.5 Å². The Kier molecular flexibility index (Phi) is 12.2. The summed E-state index contributed by atoms with van der Waals surface area (Å²) in [6, 6.07) is 17.3. The summed E-state index contributed by atoms with van der Waals surface area (Å²) in [5, 5.41) is 0. The van der Waals surface area contributed by atoms with Crippen LogP contribution in [0.15, 0.2) is 60.7 Å². The zero-order valence-electron chi connectivity index (χ0n) is 21.8. The summed E-state index contributed by atoms with van der Waals surface area (Å²) in [4.78, 5) is 21.1. The van der Waals surface area contributed by atoms with Crippen molar-refractivity contribution in [3.8, 4) is 0 Å². The van der Waals surface area contributed by atoms with Crippen molar-refractivity contribution in [2.24, 2.45) is 0 Å². The number of rotatable bonds is 5. The molecule has 1 aliphatic rings. The van der Waals surface area contributed by atoms with Gasteiger partial charge in [0.05, 0.1) is 0 Å². The lowest BCUT2D eigenvalue weighted by atomic mass is 9.91. The summed E-state index contributed by atoms with van der Waals surface area (Å²) in [7, 11) is 0. The van der Waals surface area contributed by atoms with Crippen molar-refractivity contribution in [1.29, 1.82) is 0 Å². The number of hydrogen-bond acceptors (Lipinski definition) is 2. The van der Waals surface area contributed by atoms with Gasteiger partial charge in [0.25, 0.3) is 0 Å². The maximum atomic E-state index is 14.3. The molecular formula is C30H35F4NO2. The van der Waals surface area contributed by atoms with Crippen molar-refractivity contribution in [2.45, 2.75) is 65.1 Å². The van der Waals surface area contributed by atoms with Crippen LogP contribution in [0.5, 0.6) is 0 Å². The first-order valence-electron chi connectivity index (χ1n) is 11.9. The van der Waals surface area contributed by atoms with Crippen LogP contribution in [-0.4, -0.2) is 19.2 Å². The van der Waals surface area contributed by atoms with Crippen molar-refractivity contribution in [3.63, 3.8) is 0 Å². The number of halogens is 4. The second kappa shape index (κ2) is 14.3. The Labute approximate surface area is 216 Å². The Bertz CT molecular complexity index is 1120. The molecular weight excluding hydrogens is 482 g/mol. The highest BCUT2D eigenvalue weighted by molar-refractivity contribution is 5.79. The fourth-order valence-corrected chi connectivity index (χ4v) is 4.15. The quantitative estimate of drug-likeness (QED) is 0.262.